The summed E-state index contributed by atoms with van der Waals surface area (Å²) in [6.45, 7) is 12.7. The van der Waals surface area contributed by atoms with E-state index in [0.717, 1.165) is 35.8 Å². The second-order valence-corrected chi connectivity index (χ2v) is 8.95. The topological polar surface area (TPSA) is 43.4 Å². The van der Waals surface area contributed by atoms with Crippen molar-refractivity contribution in [1.29, 1.82) is 0 Å². The third-order valence-corrected chi connectivity index (χ3v) is 5.88. The summed E-state index contributed by atoms with van der Waals surface area (Å²) in [6.07, 6.45) is 3.10. The Hall–Kier alpha value is -2.42. The zero-order chi connectivity index (χ0) is 20.0. The fraction of sp³-hybridized carbons (Fsp3) is 0.417. The summed E-state index contributed by atoms with van der Waals surface area (Å²) in [5.74, 6) is 0.121. The number of hydrogen-bond donors (Lipinski definition) is 0. The van der Waals surface area contributed by atoms with Gasteiger partial charge in [0.1, 0.15) is 12.0 Å². The first-order valence-corrected chi connectivity index (χ1v) is 9.49. The van der Waals surface area contributed by atoms with E-state index in [1.165, 1.54) is 18.1 Å². The fourth-order valence-electron chi connectivity index (χ4n) is 4.09. The Kier molecular flexibility index (Phi) is 4.75. The van der Waals surface area contributed by atoms with E-state index in [1.807, 2.05) is 0 Å². The highest BCUT2D eigenvalue weighted by Gasteiger charge is 2.37. The van der Waals surface area contributed by atoms with E-state index in [9.17, 15) is 9.59 Å². The van der Waals surface area contributed by atoms with Gasteiger partial charge in [0.05, 0.1) is 0 Å². The Morgan fingerprint density at radius 2 is 1.56 bits per heavy atom. The number of hydrogen-bond acceptors (Lipinski definition) is 3. The highest BCUT2D eigenvalue weighted by Crippen LogP contribution is 2.48. The summed E-state index contributed by atoms with van der Waals surface area (Å²) >= 11 is 0. The lowest BCUT2D eigenvalue weighted by atomic mass is 9.62. The normalized spacial score (nSPS) is 17.1. The van der Waals surface area contributed by atoms with Crippen molar-refractivity contribution in [2.24, 2.45) is 0 Å². The summed E-state index contributed by atoms with van der Waals surface area (Å²) in [5.41, 5.74) is 6.43. The number of esters is 1. The molecular formula is C24H28O3. The standard InChI is InChI=1S/C24H28O3/c1-15-11-20-21(24(5,6)10-9-23(20,3)4)13-18(15)19-12-17(14-25)7-8-22(19)27-16(2)26/h7-8,11-14H,9-10H2,1-6H3. The van der Waals surface area contributed by atoms with E-state index in [1.54, 1.807) is 18.2 Å². The predicted molar refractivity (Wildman–Crippen MR) is 109 cm³/mol. The van der Waals surface area contributed by atoms with Crippen LogP contribution in [0.4, 0.5) is 0 Å². The average Bonchev–Trinajstić information content (AvgIpc) is 2.59. The van der Waals surface area contributed by atoms with Gasteiger partial charge in [-0.3, -0.25) is 9.59 Å². The lowest BCUT2D eigenvalue weighted by Gasteiger charge is -2.42. The number of ether oxygens (including phenoxy) is 1. The quantitative estimate of drug-likeness (QED) is 0.396. The van der Waals surface area contributed by atoms with Crippen molar-refractivity contribution in [3.8, 4) is 16.9 Å². The number of carbonyl (C=O) groups is 2. The maximum absolute atomic E-state index is 11.6. The Morgan fingerprint density at radius 3 is 2.11 bits per heavy atom. The van der Waals surface area contributed by atoms with Gasteiger partial charge < -0.3 is 4.74 Å². The molecule has 1 aliphatic carbocycles. The first kappa shape index (κ1) is 19.3. The molecule has 1 aliphatic rings. The van der Waals surface area contributed by atoms with Crippen molar-refractivity contribution in [3.05, 3.63) is 52.6 Å². The highest BCUT2D eigenvalue weighted by molar-refractivity contribution is 5.84. The van der Waals surface area contributed by atoms with Crippen molar-refractivity contribution in [2.45, 2.75) is 65.2 Å². The Labute approximate surface area is 161 Å². The molecule has 3 nitrogen and oxygen atoms in total. The summed E-state index contributed by atoms with van der Waals surface area (Å²) < 4.78 is 5.44. The lowest BCUT2D eigenvalue weighted by Crippen LogP contribution is -2.34. The number of aryl methyl sites for hydroxylation is 1. The van der Waals surface area contributed by atoms with Gasteiger partial charge in [-0.15, -0.1) is 0 Å². The molecule has 0 saturated carbocycles. The number of aldehydes is 1. The number of carbonyl (C=O) groups excluding carboxylic acids is 2. The van der Waals surface area contributed by atoms with E-state index in [-0.39, 0.29) is 16.8 Å². The first-order valence-electron chi connectivity index (χ1n) is 9.49. The van der Waals surface area contributed by atoms with Gasteiger partial charge in [0.15, 0.2) is 0 Å². The van der Waals surface area contributed by atoms with Crippen molar-refractivity contribution < 1.29 is 14.3 Å². The van der Waals surface area contributed by atoms with Gasteiger partial charge in [0, 0.05) is 18.1 Å². The van der Waals surface area contributed by atoms with Gasteiger partial charge in [-0.1, -0.05) is 33.8 Å². The molecule has 142 valence electrons. The molecule has 0 heterocycles. The van der Waals surface area contributed by atoms with E-state index < -0.39 is 0 Å². The SMILES string of the molecule is CC(=O)Oc1ccc(C=O)cc1-c1cc2c(cc1C)C(C)(C)CCC2(C)C. The van der Waals surface area contributed by atoms with E-state index in [0.29, 0.717) is 11.3 Å². The maximum atomic E-state index is 11.6. The maximum Gasteiger partial charge on any atom is 0.308 e. The molecule has 0 spiro atoms. The van der Waals surface area contributed by atoms with Crippen molar-refractivity contribution >= 4 is 12.3 Å². The smallest absolute Gasteiger partial charge is 0.308 e. The molecule has 0 unspecified atom stereocenters. The third-order valence-electron chi connectivity index (χ3n) is 5.88. The van der Waals surface area contributed by atoms with Gasteiger partial charge in [0.25, 0.3) is 0 Å². The lowest BCUT2D eigenvalue weighted by molar-refractivity contribution is -0.131. The van der Waals surface area contributed by atoms with E-state index in [4.69, 9.17) is 4.74 Å². The molecule has 0 amide bonds. The van der Waals surface area contributed by atoms with Gasteiger partial charge in [-0.25, -0.2) is 0 Å². The molecule has 2 aromatic carbocycles. The van der Waals surface area contributed by atoms with Crippen LogP contribution < -0.4 is 4.74 Å². The van der Waals surface area contributed by atoms with Crippen LogP contribution in [0.2, 0.25) is 0 Å². The molecule has 0 N–H and O–H groups in total. The Bertz CT molecular complexity index is 919. The molecule has 0 saturated heterocycles. The van der Waals surface area contributed by atoms with Crippen molar-refractivity contribution in [2.75, 3.05) is 0 Å². The molecule has 0 aliphatic heterocycles. The molecule has 0 radical (unpaired) electrons. The predicted octanol–water partition coefficient (Wildman–Crippen LogP) is 5.75. The van der Waals surface area contributed by atoms with Crippen LogP contribution in [0, 0.1) is 6.92 Å². The average molecular weight is 364 g/mol. The molecular weight excluding hydrogens is 336 g/mol. The van der Waals surface area contributed by atoms with E-state index >= 15 is 0 Å². The van der Waals surface area contributed by atoms with Crippen LogP contribution in [-0.4, -0.2) is 12.3 Å². The molecule has 0 aromatic heterocycles. The molecule has 3 heteroatoms. The van der Waals surface area contributed by atoms with Crippen LogP contribution in [0.25, 0.3) is 11.1 Å². The molecule has 0 atom stereocenters. The molecule has 2 aromatic rings. The van der Waals surface area contributed by atoms with Crippen molar-refractivity contribution in [1.82, 2.24) is 0 Å². The number of fused-ring (bicyclic) bond motifs is 1. The summed E-state index contributed by atoms with van der Waals surface area (Å²) in [6, 6.07) is 9.70. The second-order valence-electron chi connectivity index (χ2n) is 8.95. The van der Waals surface area contributed by atoms with Crippen LogP contribution >= 0.6 is 0 Å². The fourth-order valence-corrected chi connectivity index (χ4v) is 4.09. The largest absolute Gasteiger partial charge is 0.426 e. The molecule has 27 heavy (non-hydrogen) atoms. The molecule has 0 bridgehead atoms. The second kappa shape index (κ2) is 6.63. The highest BCUT2D eigenvalue weighted by atomic mass is 16.5. The van der Waals surface area contributed by atoms with Crippen LogP contribution in [-0.2, 0) is 15.6 Å². The Balaban J connectivity index is 2.27. The van der Waals surface area contributed by atoms with Crippen LogP contribution in [0.15, 0.2) is 30.3 Å². The van der Waals surface area contributed by atoms with Crippen LogP contribution in [0.3, 0.4) is 0 Å². The van der Waals surface area contributed by atoms with Crippen molar-refractivity contribution in [3.63, 3.8) is 0 Å². The van der Waals surface area contributed by atoms with Gasteiger partial charge >= 0.3 is 5.97 Å². The third kappa shape index (κ3) is 3.55. The van der Waals surface area contributed by atoms with Crippen LogP contribution in [0.1, 0.15) is 74.5 Å². The van der Waals surface area contributed by atoms with Gasteiger partial charge in [0.2, 0.25) is 0 Å². The molecule has 0 fully saturated rings. The zero-order valence-electron chi connectivity index (χ0n) is 17.1. The summed E-state index contributed by atoms with van der Waals surface area (Å²) in [4.78, 5) is 22.9. The minimum Gasteiger partial charge on any atom is -0.426 e. The first-order chi connectivity index (χ1) is 12.5. The van der Waals surface area contributed by atoms with Crippen LogP contribution in [0.5, 0.6) is 5.75 Å². The summed E-state index contributed by atoms with van der Waals surface area (Å²) in [5, 5.41) is 0. The number of benzene rings is 2. The summed E-state index contributed by atoms with van der Waals surface area (Å²) in [7, 11) is 0. The van der Waals surface area contributed by atoms with Gasteiger partial charge in [-0.2, -0.15) is 0 Å². The number of rotatable bonds is 3. The molecule has 3 rings (SSSR count). The Morgan fingerprint density at radius 1 is 0.963 bits per heavy atom. The van der Waals surface area contributed by atoms with E-state index in [2.05, 4.69) is 46.8 Å². The minimum atomic E-state index is -0.368. The van der Waals surface area contributed by atoms with Gasteiger partial charge in [-0.05, 0) is 77.1 Å². The minimum absolute atomic E-state index is 0.0805. The zero-order valence-corrected chi connectivity index (χ0v) is 17.1. The monoisotopic (exact) mass is 364 g/mol.